The van der Waals surface area contributed by atoms with Gasteiger partial charge in [-0.05, 0) is 35.7 Å². The molecule has 1 N–H and O–H groups in total. The second-order valence-electron chi connectivity index (χ2n) is 4.43. The van der Waals surface area contributed by atoms with Gasteiger partial charge in [0.25, 0.3) is 0 Å². The molecule has 100 valence electrons. The van der Waals surface area contributed by atoms with Gasteiger partial charge in [0.1, 0.15) is 0 Å². The number of aliphatic hydroxyl groups excluding tert-OH is 1. The maximum atomic E-state index is 10.3. The molecule has 0 aromatic heterocycles. The van der Waals surface area contributed by atoms with Crippen molar-refractivity contribution in [1.29, 1.82) is 0 Å². The van der Waals surface area contributed by atoms with E-state index in [1.165, 1.54) is 0 Å². The number of aliphatic hydroxyl groups is 1. The maximum Gasteiger partial charge on any atom is 0.0845 e. The zero-order valence-corrected chi connectivity index (χ0v) is 13.4. The number of hydrogen-bond acceptors (Lipinski definition) is 1. The van der Waals surface area contributed by atoms with Gasteiger partial charge in [-0.3, -0.25) is 0 Å². The van der Waals surface area contributed by atoms with Crippen molar-refractivity contribution in [2.75, 3.05) is 0 Å². The summed E-state index contributed by atoms with van der Waals surface area (Å²) in [5, 5.41) is 11.6. The molecule has 1 nitrogen and oxygen atoms in total. The van der Waals surface area contributed by atoms with E-state index < -0.39 is 6.10 Å². The molecule has 0 spiro atoms. The quantitative estimate of drug-likeness (QED) is 0.784. The molecule has 4 heteroatoms. The Morgan fingerprint density at radius 2 is 1.95 bits per heavy atom. The molecule has 2 aromatic rings. The van der Waals surface area contributed by atoms with Crippen molar-refractivity contribution < 1.29 is 5.11 Å². The molecular weight excluding hydrogens is 347 g/mol. The van der Waals surface area contributed by atoms with Gasteiger partial charge in [-0.15, -0.1) is 0 Å². The fraction of sp³-hybridized carbons (Fsp3) is 0.200. The molecule has 0 saturated heterocycles. The van der Waals surface area contributed by atoms with Crippen molar-refractivity contribution in [3.8, 4) is 0 Å². The summed E-state index contributed by atoms with van der Waals surface area (Å²) in [5.41, 5.74) is 2.59. The predicted octanol–water partition coefficient (Wildman–Crippen LogP) is 5.34. The van der Waals surface area contributed by atoms with Crippen LogP contribution >= 0.6 is 39.1 Å². The highest BCUT2D eigenvalue weighted by molar-refractivity contribution is 9.10. The van der Waals surface area contributed by atoms with Crippen molar-refractivity contribution in [3.63, 3.8) is 0 Å². The average molecular weight is 360 g/mol. The van der Waals surface area contributed by atoms with E-state index >= 15 is 0 Å². The van der Waals surface area contributed by atoms with Crippen LogP contribution in [0.4, 0.5) is 0 Å². The lowest BCUT2D eigenvalue weighted by molar-refractivity contribution is 0.178. The van der Waals surface area contributed by atoms with E-state index in [1.807, 2.05) is 43.3 Å². The Balaban J connectivity index is 2.25. The van der Waals surface area contributed by atoms with Crippen LogP contribution in [0.3, 0.4) is 0 Å². The van der Waals surface area contributed by atoms with Gasteiger partial charge in [0.15, 0.2) is 0 Å². The third-order valence-corrected chi connectivity index (χ3v) is 4.37. The molecule has 0 fully saturated rings. The Morgan fingerprint density at radius 3 is 2.63 bits per heavy atom. The first-order valence-electron chi connectivity index (χ1n) is 5.86. The number of aryl methyl sites for hydroxylation is 1. The Labute approximate surface area is 131 Å². The largest absolute Gasteiger partial charge is 0.388 e. The van der Waals surface area contributed by atoms with Crippen LogP contribution in [0.1, 0.15) is 22.8 Å². The zero-order chi connectivity index (χ0) is 14.0. The number of benzene rings is 2. The first-order chi connectivity index (χ1) is 8.99. The summed E-state index contributed by atoms with van der Waals surface area (Å²) in [6.45, 7) is 1.92. The Bertz CT molecular complexity index is 599. The van der Waals surface area contributed by atoms with Crippen molar-refractivity contribution in [1.82, 2.24) is 0 Å². The molecule has 0 amide bonds. The van der Waals surface area contributed by atoms with Crippen LogP contribution in [-0.4, -0.2) is 5.11 Å². The molecule has 1 unspecified atom stereocenters. The van der Waals surface area contributed by atoms with Crippen molar-refractivity contribution in [3.05, 3.63) is 67.6 Å². The summed E-state index contributed by atoms with van der Waals surface area (Å²) in [5.74, 6) is 0. The lowest BCUT2D eigenvalue weighted by Crippen LogP contribution is -2.03. The van der Waals surface area contributed by atoms with E-state index in [4.69, 9.17) is 23.2 Å². The summed E-state index contributed by atoms with van der Waals surface area (Å²) in [6.07, 6.45) is -0.221. The van der Waals surface area contributed by atoms with Gasteiger partial charge in [0.05, 0.1) is 6.10 Å². The summed E-state index contributed by atoms with van der Waals surface area (Å²) in [7, 11) is 0. The van der Waals surface area contributed by atoms with Crippen LogP contribution in [0.15, 0.2) is 40.9 Å². The van der Waals surface area contributed by atoms with E-state index in [1.54, 1.807) is 0 Å². The minimum atomic E-state index is -0.661. The minimum absolute atomic E-state index is 0.440. The second kappa shape index (κ2) is 6.27. The summed E-state index contributed by atoms with van der Waals surface area (Å²) >= 11 is 15.7. The fourth-order valence-electron chi connectivity index (χ4n) is 1.93. The third kappa shape index (κ3) is 3.51. The number of rotatable bonds is 3. The summed E-state index contributed by atoms with van der Waals surface area (Å²) in [4.78, 5) is 0. The van der Waals surface area contributed by atoms with Crippen molar-refractivity contribution in [2.45, 2.75) is 19.4 Å². The fourth-order valence-corrected chi connectivity index (χ4v) is 2.94. The van der Waals surface area contributed by atoms with Crippen LogP contribution in [0.5, 0.6) is 0 Å². The van der Waals surface area contributed by atoms with Crippen LogP contribution in [0.2, 0.25) is 10.0 Å². The summed E-state index contributed by atoms with van der Waals surface area (Å²) in [6, 6.07) is 11.3. The molecule has 1 atom stereocenters. The second-order valence-corrected chi connectivity index (χ2v) is 6.13. The van der Waals surface area contributed by atoms with Gasteiger partial charge < -0.3 is 5.11 Å². The molecule has 0 aliphatic rings. The Kier molecular flexibility index (Phi) is 4.91. The molecule has 0 bridgehead atoms. The highest BCUT2D eigenvalue weighted by atomic mass is 79.9. The molecule has 0 aliphatic heterocycles. The molecular formula is C15H13BrCl2O. The van der Waals surface area contributed by atoms with Crippen LogP contribution < -0.4 is 0 Å². The van der Waals surface area contributed by atoms with Crippen molar-refractivity contribution in [2.24, 2.45) is 0 Å². The van der Waals surface area contributed by atoms with Gasteiger partial charge in [-0.2, -0.15) is 0 Å². The van der Waals surface area contributed by atoms with Gasteiger partial charge in [0.2, 0.25) is 0 Å². The SMILES string of the molecule is Cc1cccc(C(O)Cc2ccc(Br)cc2Cl)c1Cl. The molecule has 19 heavy (non-hydrogen) atoms. The minimum Gasteiger partial charge on any atom is -0.388 e. The lowest BCUT2D eigenvalue weighted by atomic mass is 10.00. The highest BCUT2D eigenvalue weighted by Crippen LogP contribution is 2.30. The molecule has 0 radical (unpaired) electrons. The summed E-state index contributed by atoms with van der Waals surface area (Å²) < 4.78 is 0.921. The average Bonchev–Trinajstić information content (AvgIpc) is 2.36. The monoisotopic (exact) mass is 358 g/mol. The molecule has 0 heterocycles. The normalized spacial score (nSPS) is 12.5. The van der Waals surface area contributed by atoms with E-state index in [2.05, 4.69) is 15.9 Å². The number of hydrogen-bond donors (Lipinski definition) is 1. The standard InChI is InChI=1S/C15H13BrCl2O/c1-9-3-2-4-12(15(9)18)14(19)7-10-5-6-11(16)8-13(10)17/h2-6,8,14,19H,7H2,1H3. The van der Waals surface area contributed by atoms with E-state index in [0.29, 0.717) is 16.5 Å². The van der Waals surface area contributed by atoms with Gasteiger partial charge in [-0.25, -0.2) is 0 Å². The zero-order valence-electron chi connectivity index (χ0n) is 10.3. The molecule has 2 aromatic carbocycles. The molecule has 2 rings (SSSR count). The lowest BCUT2D eigenvalue weighted by Gasteiger charge is -2.15. The van der Waals surface area contributed by atoms with Gasteiger partial charge in [-0.1, -0.05) is 63.4 Å². The third-order valence-electron chi connectivity index (χ3n) is 3.01. The van der Waals surface area contributed by atoms with Crippen LogP contribution in [-0.2, 0) is 6.42 Å². The van der Waals surface area contributed by atoms with E-state index in [0.717, 1.165) is 21.2 Å². The highest BCUT2D eigenvalue weighted by Gasteiger charge is 2.15. The maximum absolute atomic E-state index is 10.3. The van der Waals surface area contributed by atoms with Gasteiger partial charge in [0, 0.05) is 20.9 Å². The topological polar surface area (TPSA) is 20.2 Å². The van der Waals surface area contributed by atoms with Gasteiger partial charge >= 0.3 is 0 Å². The first kappa shape index (κ1) is 14.9. The van der Waals surface area contributed by atoms with Crippen LogP contribution in [0, 0.1) is 6.92 Å². The molecule has 0 aliphatic carbocycles. The van der Waals surface area contributed by atoms with Crippen molar-refractivity contribution >= 4 is 39.1 Å². The number of halogens is 3. The van der Waals surface area contributed by atoms with Crippen LogP contribution in [0.25, 0.3) is 0 Å². The smallest absolute Gasteiger partial charge is 0.0845 e. The predicted molar refractivity (Wildman–Crippen MR) is 84.0 cm³/mol. The Morgan fingerprint density at radius 1 is 1.21 bits per heavy atom. The van der Waals surface area contributed by atoms with E-state index in [-0.39, 0.29) is 0 Å². The Hall–Kier alpha value is -0.540. The van der Waals surface area contributed by atoms with E-state index in [9.17, 15) is 5.11 Å². The first-order valence-corrected chi connectivity index (χ1v) is 7.41. The molecule has 0 saturated carbocycles.